The average molecular weight is 302 g/mol. The molecule has 3 rings (SSSR count). The second-order valence-corrected chi connectivity index (χ2v) is 5.57. The summed E-state index contributed by atoms with van der Waals surface area (Å²) in [5, 5.41) is 3.98. The Bertz CT molecular complexity index is 897. The zero-order valence-electron chi connectivity index (χ0n) is 13.2. The molecule has 0 aliphatic carbocycles. The molecule has 0 atom stereocenters. The third kappa shape index (κ3) is 3.64. The van der Waals surface area contributed by atoms with E-state index in [9.17, 15) is 4.79 Å². The maximum absolute atomic E-state index is 12.1. The highest BCUT2D eigenvalue weighted by atomic mass is 16.1. The molecule has 3 heteroatoms. The summed E-state index contributed by atoms with van der Waals surface area (Å²) in [6.07, 6.45) is 3.24. The maximum atomic E-state index is 12.1. The van der Waals surface area contributed by atoms with Crippen LogP contribution in [0.25, 0.3) is 17.0 Å². The van der Waals surface area contributed by atoms with Crippen LogP contribution in [-0.4, -0.2) is 10.9 Å². The molecule has 0 spiro atoms. The van der Waals surface area contributed by atoms with Crippen molar-refractivity contribution in [2.75, 3.05) is 5.32 Å². The molecule has 0 bridgehead atoms. The molecule has 3 aromatic rings. The number of rotatable bonds is 3. The first-order valence-corrected chi connectivity index (χ1v) is 7.54. The molecule has 0 unspecified atom stereocenters. The van der Waals surface area contributed by atoms with Gasteiger partial charge in [-0.1, -0.05) is 42.0 Å². The second kappa shape index (κ2) is 6.44. The second-order valence-electron chi connectivity index (χ2n) is 5.57. The monoisotopic (exact) mass is 302 g/mol. The molecular weight excluding hydrogens is 284 g/mol. The summed E-state index contributed by atoms with van der Waals surface area (Å²) < 4.78 is 0. The summed E-state index contributed by atoms with van der Waals surface area (Å²) in [5.41, 5.74) is 4.74. The van der Waals surface area contributed by atoms with Crippen LogP contribution in [0.3, 0.4) is 0 Å². The number of hydrogen-bond acceptors (Lipinski definition) is 2. The number of carbonyl (C=O) groups is 1. The molecule has 0 aliphatic rings. The third-order valence-electron chi connectivity index (χ3n) is 3.67. The summed E-state index contributed by atoms with van der Waals surface area (Å²) in [7, 11) is 0. The number of nitrogens with zero attached hydrogens (tertiary/aromatic N) is 1. The van der Waals surface area contributed by atoms with Gasteiger partial charge in [-0.15, -0.1) is 0 Å². The summed E-state index contributed by atoms with van der Waals surface area (Å²) in [5.74, 6) is -0.160. The third-order valence-corrected chi connectivity index (χ3v) is 3.67. The van der Waals surface area contributed by atoms with Crippen LogP contribution < -0.4 is 5.32 Å². The van der Waals surface area contributed by atoms with Gasteiger partial charge in [-0.05, 0) is 43.7 Å². The molecule has 114 valence electrons. The number of aromatic nitrogens is 1. The van der Waals surface area contributed by atoms with E-state index in [1.807, 2.05) is 68.4 Å². The van der Waals surface area contributed by atoms with Crippen LogP contribution in [0.2, 0.25) is 0 Å². The number of fused-ring (bicyclic) bond motifs is 1. The van der Waals surface area contributed by atoms with Crippen molar-refractivity contribution < 1.29 is 4.79 Å². The van der Waals surface area contributed by atoms with Crippen LogP contribution in [0, 0.1) is 13.8 Å². The van der Waals surface area contributed by atoms with Gasteiger partial charge in [0.25, 0.3) is 0 Å². The van der Waals surface area contributed by atoms with Crippen LogP contribution >= 0.6 is 0 Å². The van der Waals surface area contributed by atoms with Gasteiger partial charge in [0, 0.05) is 17.1 Å². The predicted molar refractivity (Wildman–Crippen MR) is 95.3 cm³/mol. The van der Waals surface area contributed by atoms with E-state index >= 15 is 0 Å². The van der Waals surface area contributed by atoms with Crippen molar-refractivity contribution in [1.29, 1.82) is 0 Å². The predicted octanol–water partition coefficient (Wildman–Crippen LogP) is 4.50. The van der Waals surface area contributed by atoms with E-state index in [-0.39, 0.29) is 5.91 Å². The quantitative estimate of drug-likeness (QED) is 0.724. The number of pyridine rings is 1. The molecule has 0 saturated heterocycles. The molecule has 1 aromatic heterocycles. The van der Waals surface area contributed by atoms with Gasteiger partial charge in [0.2, 0.25) is 5.91 Å². The average Bonchev–Trinajstić information content (AvgIpc) is 2.55. The molecule has 0 radical (unpaired) electrons. The summed E-state index contributed by atoms with van der Waals surface area (Å²) in [6, 6.07) is 17.8. The Hall–Kier alpha value is -2.94. The summed E-state index contributed by atoms with van der Waals surface area (Å²) >= 11 is 0. The van der Waals surface area contributed by atoms with Gasteiger partial charge in [-0.3, -0.25) is 4.79 Å². The van der Waals surface area contributed by atoms with Gasteiger partial charge in [0.1, 0.15) is 0 Å². The smallest absolute Gasteiger partial charge is 0.248 e. The zero-order valence-corrected chi connectivity index (χ0v) is 13.2. The van der Waals surface area contributed by atoms with Crippen molar-refractivity contribution in [3.05, 3.63) is 77.5 Å². The zero-order chi connectivity index (χ0) is 16.2. The van der Waals surface area contributed by atoms with E-state index in [1.165, 1.54) is 11.6 Å². The van der Waals surface area contributed by atoms with Gasteiger partial charge in [-0.25, -0.2) is 4.98 Å². The van der Waals surface area contributed by atoms with Crippen LogP contribution in [0.15, 0.2) is 60.7 Å². The molecule has 0 fully saturated rings. The molecule has 23 heavy (non-hydrogen) atoms. The van der Waals surface area contributed by atoms with Crippen LogP contribution in [-0.2, 0) is 4.79 Å². The van der Waals surface area contributed by atoms with Gasteiger partial charge in [-0.2, -0.15) is 0 Å². The first kappa shape index (κ1) is 15.0. The molecule has 3 nitrogen and oxygen atoms in total. The highest BCUT2D eigenvalue weighted by Crippen LogP contribution is 2.16. The van der Waals surface area contributed by atoms with Crippen molar-refractivity contribution in [2.24, 2.45) is 0 Å². The number of anilines is 1. The van der Waals surface area contributed by atoms with E-state index < -0.39 is 0 Å². The Labute approximate surface area is 135 Å². The van der Waals surface area contributed by atoms with E-state index in [0.29, 0.717) is 0 Å². The van der Waals surface area contributed by atoms with E-state index in [2.05, 4.69) is 10.3 Å². The first-order valence-electron chi connectivity index (χ1n) is 7.54. The topological polar surface area (TPSA) is 42.0 Å². The lowest BCUT2D eigenvalue weighted by Crippen LogP contribution is -2.09. The molecule has 1 N–H and O–H groups in total. The minimum Gasteiger partial charge on any atom is -0.322 e. The fraction of sp³-hybridized carbons (Fsp3) is 0.100. The molecular formula is C20H18N2O. The number of benzene rings is 2. The number of aryl methyl sites for hydroxylation is 2. The molecule has 0 saturated carbocycles. The van der Waals surface area contributed by atoms with E-state index in [0.717, 1.165) is 27.8 Å². The fourth-order valence-electron chi connectivity index (χ4n) is 2.46. The first-order chi connectivity index (χ1) is 11.1. The van der Waals surface area contributed by atoms with Gasteiger partial charge < -0.3 is 5.32 Å². The van der Waals surface area contributed by atoms with Crippen molar-refractivity contribution in [2.45, 2.75) is 13.8 Å². The fourth-order valence-corrected chi connectivity index (χ4v) is 2.46. The molecule has 1 amide bonds. The van der Waals surface area contributed by atoms with E-state index in [4.69, 9.17) is 0 Å². The minimum atomic E-state index is -0.160. The maximum Gasteiger partial charge on any atom is 0.248 e. The lowest BCUT2D eigenvalue weighted by molar-refractivity contribution is -0.111. The van der Waals surface area contributed by atoms with E-state index in [1.54, 1.807) is 6.08 Å². The van der Waals surface area contributed by atoms with Crippen LogP contribution in [0.1, 0.15) is 16.8 Å². The number of para-hydroxylation sites is 1. The Morgan fingerprint density at radius 1 is 1.04 bits per heavy atom. The SMILES string of the molecule is Cc1ccc(NC(=O)/C=C/c2ccc3ccccc3n2)c(C)c1. The summed E-state index contributed by atoms with van der Waals surface area (Å²) in [4.78, 5) is 16.6. The number of nitrogens with one attached hydrogen (secondary N) is 1. The molecule has 0 aliphatic heterocycles. The summed E-state index contributed by atoms with van der Waals surface area (Å²) in [6.45, 7) is 4.01. The largest absolute Gasteiger partial charge is 0.322 e. The number of amides is 1. The normalized spacial score (nSPS) is 11.0. The van der Waals surface area contributed by atoms with Crippen molar-refractivity contribution in [3.8, 4) is 0 Å². The Kier molecular flexibility index (Phi) is 4.20. The highest BCUT2D eigenvalue weighted by Gasteiger charge is 2.02. The van der Waals surface area contributed by atoms with Gasteiger partial charge in [0.05, 0.1) is 11.2 Å². The van der Waals surface area contributed by atoms with Crippen molar-refractivity contribution in [1.82, 2.24) is 4.98 Å². The Balaban J connectivity index is 1.74. The van der Waals surface area contributed by atoms with Crippen LogP contribution in [0.5, 0.6) is 0 Å². The minimum absolute atomic E-state index is 0.160. The van der Waals surface area contributed by atoms with Crippen molar-refractivity contribution in [3.63, 3.8) is 0 Å². The van der Waals surface area contributed by atoms with Gasteiger partial charge >= 0.3 is 0 Å². The van der Waals surface area contributed by atoms with Crippen LogP contribution in [0.4, 0.5) is 5.69 Å². The Morgan fingerprint density at radius 2 is 1.87 bits per heavy atom. The number of carbonyl (C=O) groups excluding carboxylic acids is 1. The highest BCUT2D eigenvalue weighted by molar-refractivity contribution is 6.02. The number of hydrogen-bond donors (Lipinski definition) is 1. The molecule has 1 heterocycles. The van der Waals surface area contributed by atoms with Crippen molar-refractivity contribution >= 4 is 28.6 Å². The lowest BCUT2D eigenvalue weighted by atomic mass is 10.1. The standard InChI is InChI=1S/C20H18N2O/c1-14-7-11-18(15(2)13-14)22-20(23)12-10-17-9-8-16-5-3-4-6-19(16)21-17/h3-13H,1-2H3,(H,22,23)/b12-10+. The van der Waals surface area contributed by atoms with Gasteiger partial charge in [0.15, 0.2) is 0 Å². The molecule has 2 aromatic carbocycles. The Morgan fingerprint density at radius 3 is 2.70 bits per heavy atom. The lowest BCUT2D eigenvalue weighted by Gasteiger charge is -2.07.